The molecular formula is C58H102F2N8O9Si4. The highest BCUT2D eigenvalue weighted by Crippen LogP contribution is 2.40. The van der Waals surface area contributed by atoms with Crippen LogP contribution in [0, 0.1) is 5.92 Å². The van der Waals surface area contributed by atoms with Crippen LogP contribution in [0.5, 0.6) is 0 Å². The van der Waals surface area contributed by atoms with E-state index < -0.39 is 56.2 Å². The highest BCUT2D eigenvalue weighted by Gasteiger charge is 2.35. The lowest BCUT2D eigenvalue weighted by Crippen LogP contribution is -2.33. The number of anilines is 2. The summed E-state index contributed by atoms with van der Waals surface area (Å²) in [6.07, 6.45) is 7.25. The van der Waals surface area contributed by atoms with Crippen LogP contribution in [0.15, 0.2) is 48.1 Å². The molecule has 17 nitrogen and oxygen atoms in total. The summed E-state index contributed by atoms with van der Waals surface area (Å²) in [6, 6.07) is 12.4. The van der Waals surface area contributed by atoms with Gasteiger partial charge in [-0.15, -0.1) is 0 Å². The van der Waals surface area contributed by atoms with Crippen molar-refractivity contribution in [3.63, 3.8) is 0 Å². The second-order valence-corrected chi connectivity index (χ2v) is 48.7. The predicted molar refractivity (Wildman–Crippen MR) is 332 cm³/mol. The fourth-order valence-corrected chi connectivity index (χ4v) is 12.2. The summed E-state index contributed by atoms with van der Waals surface area (Å²) < 4.78 is 67.2. The minimum atomic E-state index is -1.55. The van der Waals surface area contributed by atoms with Gasteiger partial charge in [0.15, 0.2) is 17.5 Å². The van der Waals surface area contributed by atoms with E-state index in [9.17, 15) is 18.4 Å². The van der Waals surface area contributed by atoms with Crippen molar-refractivity contribution in [2.45, 2.75) is 193 Å². The molecule has 4 aromatic heterocycles. The van der Waals surface area contributed by atoms with E-state index in [2.05, 4.69) is 111 Å². The number of alkyl halides is 1. The molecule has 6 rings (SSSR count). The molecule has 0 radical (unpaired) electrons. The van der Waals surface area contributed by atoms with E-state index in [-0.39, 0.29) is 37.6 Å². The summed E-state index contributed by atoms with van der Waals surface area (Å²) in [4.78, 5) is 37.8. The van der Waals surface area contributed by atoms with E-state index in [1.54, 1.807) is 33.2 Å². The van der Waals surface area contributed by atoms with Gasteiger partial charge in [0.05, 0.1) is 25.6 Å². The van der Waals surface area contributed by atoms with Crippen LogP contribution in [0.4, 0.5) is 20.4 Å². The van der Waals surface area contributed by atoms with Crippen LogP contribution >= 0.6 is 0 Å². The third-order valence-corrected chi connectivity index (χ3v) is 21.0. The van der Waals surface area contributed by atoms with Crippen molar-refractivity contribution in [1.29, 1.82) is 0 Å². The number of aliphatic hydroxyl groups is 1. The number of hydrogen-bond acceptors (Lipinski definition) is 15. The molecule has 0 saturated heterocycles. The lowest BCUT2D eigenvalue weighted by molar-refractivity contribution is -0.151. The van der Waals surface area contributed by atoms with Crippen LogP contribution in [0.1, 0.15) is 95.4 Å². The van der Waals surface area contributed by atoms with E-state index in [1.807, 2.05) is 21.2 Å². The van der Waals surface area contributed by atoms with Crippen molar-refractivity contribution >= 4 is 67.2 Å². The zero-order valence-corrected chi connectivity index (χ0v) is 56.1. The normalized spacial score (nSPS) is 17.5. The maximum absolute atomic E-state index is 14.6. The smallest absolute Gasteiger partial charge is 0.367 e. The molecule has 81 heavy (non-hydrogen) atoms. The van der Waals surface area contributed by atoms with Gasteiger partial charge in [0.25, 0.3) is 0 Å². The molecule has 0 bridgehead atoms. The molecule has 4 heterocycles. The van der Waals surface area contributed by atoms with Crippen molar-refractivity contribution in [3.05, 3.63) is 59.4 Å². The maximum atomic E-state index is 14.6. The number of aliphatic hydroxyl groups excluding tert-OH is 1. The average molecular weight is 1210 g/mol. The lowest BCUT2D eigenvalue weighted by atomic mass is 9.78. The van der Waals surface area contributed by atoms with Crippen LogP contribution in [0.3, 0.4) is 0 Å². The molecule has 2 fully saturated rings. The van der Waals surface area contributed by atoms with E-state index in [0.717, 1.165) is 97.4 Å². The summed E-state index contributed by atoms with van der Waals surface area (Å²) in [5.74, 6) is -0.506. The summed E-state index contributed by atoms with van der Waals surface area (Å²) in [5, 5.41) is 16.7. The van der Waals surface area contributed by atoms with E-state index in [1.165, 1.54) is 0 Å². The Morgan fingerprint density at radius 1 is 0.605 bits per heavy atom. The minimum absolute atomic E-state index is 0.157. The van der Waals surface area contributed by atoms with Gasteiger partial charge in [-0.25, -0.2) is 23.9 Å². The molecule has 0 spiro atoms. The number of ether oxygens (including phenoxy) is 6. The number of esters is 2. The average Bonchev–Trinajstić information content (AvgIpc) is 4.12. The quantitative estimate of drug-likeness (QED) is 0.0178. The Morgan fingerprint density at radius 2 is 0.963 bits per heavy atom. The molecule has 2 aliphatic carbocycles. The largest absolute Gasteiger partial charge is 0.464 e. The zero-order chi connectivity index (χ0) is 60.0. The number of rotatable bonds is 29. The van der Waals surface area contributed by atoms with Crippen molar-refractivity contribution in [2.75, 3.05) is 83.0 Å². The Kier molecular flexibility index (Phi) is 28.8. The van der Waals surface area contributed by atoms with Crippen molar-refractivity contribution in [1.82, 2.24) is 29.2 Å². The van der Waals surface area contributed by atoms with E-state index in [0.29, 0.717) is 71.4 Å². The molecule has 1 N–H and O–H groups in total. The van der Waals surface area contributed by atoms with Gasteiger partial charge in [-0.2, -0.15) is 23.6 Å². The first-order valence-electron chi connectivity index (χ1n) is 29.6. The first-order chi connectivity index (χ1) is 38.2. The topological polar surface area (TPSA) is 177 Å². The fourth-order valence-electron chi connectivity index (χ4n) is 9.19. The van der Waals surface area contributed by atoms with Crippen molar-refractivity contribution in [3.8, 4) is 0 Å². The number of carbonyl (C=O) groups excluding carboxylic acids is 2. The molecule has 4 aromatic rings. The number of hydrogen-bond donors (Lipinski definition) is 1. The summed E-state index contributed by atoms with van der Waals surface area (Å²) in [6.45, 7) is 38.3. The van der Waals surface area contributed by atoms with Gasteiger partial charge in [-0.1, -0.05) is 78.6 Å². The molecular weight excluding hydrogens is 1100 g/mol. The Morgan fingerprint density at radius 3 is 1.31 bits per heavy atom. The number of nitrogens with zero attached hydrogens (tertiary/aromatic N) is 8. The van der Waals surface area contributed by atoms with Crippen LogP contribution < -0.4 is 9.80 Å². The summed E-state index contributed by atoms with van der Waals surface area (Å²) >= 11 is 0. The number of carbonyl (C=O) groups is 2. The SMILES string of the molecule is CCO.CCOC(=O)C(F)=C1CCC(c2cc(N(COCC[Si](C)(C)C)COCC[Si](C)(C)C)n3nccc3n2)CC1.CCOC(=O)C(F)C1CCC(c2cc(N(COCC[Si](C)(C)C)COCC[Si](C)(C)C)n3nccc3n2)CC1. The fraction of sp³-hybridized carbons (Fsp3) is 0.724. The van der Waals surface area contributed by atoms with Gasteiger partial charge in [-0.3, -0.25) is 0 Å². The minimum Gasteiger partial charge on any atom is -0.464 e. The lowest BCUT2D eigenvalue weighted by Gasteiger charge is -2.30. The number of allylic oxidation sites excluding steroid dienone is 1. The highest BCUT2D eigenvalue weighted by atomic mass is 28.3. The molecule has 1 unspecified atom stereocenters. The molecule has 0 aliphatic heterocycles. The second kappa shape index (κ2) is 33.5. The number of halogens is 2. The summed E-state index contributed by atoms with van der Waals surface area (Å²) in [7, 11) is -4.82. The van der Waals surface area contributed by atoms with Crippen LogP contribution in [0.2, 0.25) is 103 Å². The number of aromatic nitrogens is 6. The first kappa shape index (κ1) is 69.5. The van der Waals surface area contributed by atoms with Gasteiger partial charge in [0.1, 0.15) is 38.6 Å². The predicted octanol–water partition coefficient (Wildman–Crippen LogP) is 12.9. The molecule has 0 aromatic carbocycles. The standard InChI is InChI=1S/C28H49FN4O4Si2.C28H47FN4O4Si2.C2H6O/c2*1-8-37-28(34)27(29)23-11-9-22(10-12-23)24-19-26(33-25(31-24)13-14-30-33)32(20-35-15-17-38(2,3)4)21-36-16-18-39(5,6)7;1-2-3/h13-14,19,22-23,27H,8-12,15-18,20-21H2,1-7H3;13-14,19,22H,8-12,15-18,20-21H2,1-7H3;3H,2H2,1H3. The maximum Gasteiger partial charge on any atom is 0.367 e. The van der Waals surface area contributed by atoms with Gasteiger partial charge in [-0.05, 0) is 102 Å². The summed E-state index contributed by atoms with van der Waals surface area (Å²) in [5.41, 5.74) is 3.99. The first-order valence-corrected chi connectivity index (χ1v) is 44.5. The molecule has 2 aliphatic rings. The Labute approximate surface area is 487 Å². The highest BCUT2D eigenvalue weighted by molar-refractivity contribution is 6.77. The molecule has 1 atom stereocenters. The molecule has 458 valence electrons. The van der Waals surface area contributed by atoms with Gasteiger partial charge in [0, 0.05) is 119 Å². The van der Waals surface area contributed by atoms with Crippen LogP contribution in [-0.2, 0) is 38.0 Å². The Balaban J connectivity index is 0.000000332. The number of fused-ring (bicyclic) bond motifs is 2. The Hall–Kier alpha value is -3.95. The van der Waals surface area contributed by atoms with Crippen LogP contribution in [0.25, 0.3) is 11.3 Å². The van der Waals surface area contributed by atoms with E-state index >= 15 is 0 Å². The van der Waals surface area contributed by atoms with Crippen molar-refractivity contribution < 1.29 is 51.9 Å². The van der Waals surface area contributed by atoms with Gasteiger partial charge < -0.3 is 43.3 Å². The zero-order valence-electron chi connectivity index (χ0n) is 52.1. The third kappa shape index (κ3) is 24.7. The molecule has 0 amide bonds. The Bertz CT molecular complexity index is 2480. The second-order valence-electron chi connectivity index (χ2n) is 26.2. The van der Waals surface area contributed by atoms with Gasteiger partial charge >= 0.3 is 11.9 Å². The third-order valence-electron chi connectivity index (χ3n) is 14.2. The molecule has 23 heteroatoms. The van der Waals surface area contributed by atoms with Gasteiger partial charge in [0.2, 0.25) is 5.83 Å². The molecule has 2 saturated carbocycles. The van der Waals surface area contributed by atoms with Crippen molar-refractivity contribution in [2.24, 2.45) is 5.92 Å². The van der Waals surface area contributed by atoms with Crippen LogP contribution in [-0.4, -0.2) is 158 Å². The van der Waals surface area contributed by atoms with E-state index in [4.69, 9.17) is 43.5 Å². The monoisotopic (exact) mass is 1200 g/mol.